The average molecular weight is 434 g/mol. The second kappa shape index (κ2) is 9.44. The van der Waals surface area contributed by atoms with Crippen LogP contribution in [0.2, 0.25) is 0 Å². The predicted octanol–water partition coefficient (Wildman–Crippen LogP) is 4.69. The van der Waals surface area contributed by atoms with Crippen LogP contribution in [-0.2, 0) is 13.0 Å². The number of ether oxygens (including phenoxy) is 1. The zero-order valence-electron chi connectivity index (χ0n) is 16.7. The number of aromatic nitrogens is 3. The second-order valence-corrected chi connectivity index (χ2v) is 7.58. The van der Waals surface area contributed by atoms with E-state index < -0.39 is 0 Å². The molecule has 0 saturated carbocycles. The molecule has 0 unspecified atom stereocenters. The first-order chi connectivity index (χ1) is 15.1. The summed E-state index contributed by atoms with van der Waals surface area (Å²) in [6, 6.07) is 17.0. The highest BCUT2D eigenvalue weighted by Gasteiger charge is 2.13. The topological polar surface area (TPSA) is 77.0 Å². The van der Waals surface area contributed by atoms with Gasteiger partial charge in [-0.1, -0.05) is 24.3 Å². The Morgan fingerprint density at radius 3 is 2.74 bits per heavy atom. The van der Waals surface area contributed by atoms with Crippen molar-refractivity contribution in [3.8, 4) is 10.9 Å². The summed E-state index contributed by atoms with van der Waals surface area (Å²) in [5, 5.41) is 3.23. The zero-order chi connectivity index (χ0) is 21.6. The molecule has 2 aromatic carbocycles. The zero-order valence-corrected chi connectivity index (χ0v) is 17.5. The van der Waals surface area contributed by atoms with Crippen molar-refractivity contribution in [3.63, 3.8) is 0 Å². The largest absolute Gasteiger partial charge is 0.430 e. The molecule has 0 atom stereocenters. The van der Waals surface area contributed by atoms with Crippen molar-refractivity contribution in [1.29, 1.82) is 0 Å². The van der Waals surface area contributed by atoms with Gasteiger partial charge in [0.25, 0.3) is 11.1 Å². The molecule has 4 rings (SSSR count). The molecule has 0 aliphatic heterocycles. The fraction of sp³-hybridized carbons (Fsp3) is 0.130. The molecular weight excluding hydrogens is 415 g/mol. The maximum atomic E-state index is 13.1. The van der Waals surface area contributed by atoms with E-state index in [1.165, 1.54) is 12.1 Å². The molecule has 0 saturated heterocycles. The fourth-order valence-electron chi connectivity index (χ4n) is 2.86. The first-order valence-corrected chi connectivity index (χ1v) is 10.4. The number of rotatable bonds is 7. The van der Waals surface area contributed by atoms with E-state index in [1.807, 2.05) is 31.2 Å². The van der Waals surface area contributed by atoms with E-state index in [0.717, 1.165) is 28.4 Å². The maximum Gasteiger partial charge on any atom is 0.298 e. The van der Waals surface area contributed by atoms with Crippen molar-refractivity contribution < 1.29 is 13.9 Å². The van der Waals surface area contributed by atoms with E-state index in [9.17, 15) is 9.18 Å². The number of carbonyl (C=O) groups excluding carboxylic acids is 1. The van der Waals surface area contributed by atoms with Gasteiger partial charge in [-0.3, -0.25) is 9.78 Å². The molecule has 0 aliphatic carbocycles. The number of nitrogens with one attached hydrogen (secondary N) is 1. The van der Waals surface area contributed by atoms with E-state index in [4.69, 9.17) is 4.74 Å². The van der Waals surface area contributed by atoms with Crippen LogP contribution >= 0.6 is 11.5 Å². The first-order valence-electron chi connectivity index (χ1n) is 9.60. The number of benzene rings is 2. The highest BCUT2D eigenvalue weighted by Crippen LogP contribution is 2.28. The van der Waals surface area contributed by atoms with Crippen LogP contribution in [0.3, 0.4) is 0 Å². The summed E-state index contributed by atoms with van der Waals surface area (Å²) < 4.78 is 23.3. The number of hydrogen-bond acceptors (Lipinski definition) is 6. The lowest BCUT2D eigenvalue weighted by Crippen LogP contribution is -2.23. The standard InChI is InChI=1S/C23H19FN4O2S/c1-15-5-8-17(22(29)26-14-19-4-2-3-11-25-19)13-20(15)30-23-27-21(28-31-23)12-16-6-9-18(24)10-7-16/h2-11,13H,12,14H2,1H3,(H,26,29). The molecule has 0 radical (unpaired) electrons. The minimum absolute atomic E-state index is 0.218. The maximum absolute atomic E-state index is 13.1. The Hall–Kier alpha value is -3.65. The van der Waals surface area contributed by atoms with Crippen LogP contribution in [0.4, 0.5) is 4.39 Å². The summed E-state index contributed by atoms with van der Waals surface area (Å²) in [6.07, 6.45) is 2.17. The van der Waals surface area contributed by atoms with Gasteiger partial charge >= 0.3 is 0 Å². The van der Waals surface area contributed by atoms with Gasteiger partial charge in [0.2, 0.25) is 0 Å². The highest BCUT2D eigenvalue weighted by molar-refractivity contribution is 7.07. The number of carbonyl (C=O) groups is 1. The Labute approximate surface area is 182 Å². The fourth-order valence-corrected chi connectivity index (χ4v) is 3.42. The third kappa shape index (κ3) is 5.49. The molecule has 156 valence electrons. The summed E-state index contributed by atoms with van der Waals surface area (Å²) in [5.74, 6) is 0.631. The molecule has 6 nitrogen and oxygen atoms in total. The molecule has 0 bridgehead atoms. The van der Waals surface area contributed by atoms with Crippen LogP contribution in [0.1, 0.15) is 33.0 Å². The molecular formula is C23H19FN4O2S. The summed E-state index contributed by atoms with van der Waals surface area (Å²) >= 11 is 1.13. The van der Waals surface area contributed by atoms with E-state index in [1.54, 1.807) is 30.5 Å². The van der Waals surface area contributed by atoms with E-state index in [0.29, 0.717) is 35.3 Å². The van der Waals surface area contributed by atoms with Gasteiger partial charge in [0.15, 0.2) is 5.82 Å². The molecule has 1 N–H and O–H groups in total. The summed E-state index contributed by atoms with van der Waals surface area (Å²) in [6.45, 7) is 2.23. The number of aryl methyl sites for hydroxylation is 1. The van der Waals surface area contributed by atoms with E-state index in [2.05, 4.69) is 19.7 Å². The minimum atomic E-state index is -0.279. The summed E-state index contributed by atoms with van der Waals surface area (Å²) in [4.78, 5) is 21.1. The lowest BCUT2D eigenvalue weighted by molar-refractivity contribution is 0.0950. The van der Waals surface area contributed by atoms with Gasteiger partial charge in [0, 0.05) is 29.7 Å². The third-order valence-corrected chi connectivity index (χ3v) is 5.16. The third-order valence-electron chi connectivity index (χ3n) is 4.53. The monoisotopic (exact) mass is 434 g/mol. The molecule has 4 aromatic rings. The van der Waals surface area contributed by atoms with Gasteiger partial charge in [0.05, 0.1) is 12.2 Å². The van der Waals surface area contributed by atoms with Crippen LogP contribution < -0.4 is 10.1 Å². The van der Waals surface area contributed by atoms with Gasteiger partial charge in [-0.05, 0) is 54.4 Å². The van der Waals surface area contributed by atoms with Crippen molar-refractivity contribution in [3.05, 3.63) is 101 Å². The van der Waals surface area contributed by atoms with Gasteiger partial charge < -0.3 is 10.1 Å². The molecule has 1 amide bonds. The molecule has 2 heterocycles. The average Bonchev–Trinajstić information content (AvgIpc) is 3.22. The van der Waals surface area contributed by atoms with Crippen molar-refractivity contribution in [2.45, 2.75) is 19.9 Å². The number of nitrogens with zero attached hydrogens (tertiary/aromatic N) is 3. The minimum Gasteiger partial charge on any atom is -0.430 e. The summed E-state index contributed by atoms with van der Waals surface area (Å²) in [7, 11) is 0. The number of halogens is 1. The van der Waals surface area contributed by atoms with Crippen LogP contribution in [0.5, 0.6) is 10.9 Å². The number of pyridine rings is 1. The highest BCUT2D eigenvalue weighted by atomic mass is 32.1. The molecule has 2 aromatic heterocycles. The van der Waals surface area contributed by atoms with Gasteiger partial charge in [-0.15, -0.1) is 0 Å². The van der Waals surface area contributed by atoms with Gasteiger partial charge in [0.1, 0.15) is 11.6 Å². The van der Waals surface area contributed by atoms with Crippen molar-refractivity contribution in [1.82, 2.24) is 19.7 Å². The molecule has 0 aliphatic rings. The Morgan fingerprint density at radius 2 is 1.97 bits per heavy atom. The Balaban J connectivity index is 1.42. The quantitative estimate of drug-likeness (QED) is 0.456. The molecule has 0 spiro atoms. The first kappa shape index (κ1) is 20.6. The van der Waals surface area contributed by atoms with Crippen LogP contribution in [0.25, 0.3) is 0 Å². The Kier molecular flexibility index (Phi) is 6.28. The van der Waals surface area contributed by atoms with E-state index >= 15 is 0 Å². The van der Waals surface area contributed by atoms with Gasteiger partial charge in [-0.2, -0.15) is 9.36 Å². The van der Waals surface area contributed by atoms with Crippen LogP contribution in [-0.4, -0.2) is 20.2 Å². The SMILES string of the molecule is Cc1ccc(C(=O)NCc2ccccn2)cc1Oc1nc(Cc2ccc(F)cc2)ns1. The van der Waals surface area contributed by atoms with Crippen molar-refractivity contribution >= 4 is 17.4 Å². The van der Waals surface area contributed by atoms with Crippen LogP contribution in [0.15, 0.2) is 66.9 Å². The predicted molar refractivity (Wildman–Crippen MR) is 116 cm³/mol. The molecule has 31 heavy (non-hydrogen) atoms. The summed E-state index contributed by atoms with van der Waals surface area (Å²) in [5.41, 5.74) is 3.04. The molecule has 8 heteroatoms. The smallest absolute Gasteiger partial charge is 0.298 e. The normalized spacial score (nSPS) is 10.6. The number of amides is 1. The second-order valence-electron chi connectivity index (χ2n) is 6.87. The lowest BCUT2D eigenvalue weighted by atomic mass is 10.1. The Bertz CT molecular complexity index is 1180. The number of hydrogen-bond donors (Lipinski definition) is 1. The van der Waals surface area contributed by atoms with Crippen molar-refractivity contribution in [2.75, 3.05) is 0 Å². The lowest BCUT2D eigenvalue weighted by Gasteiger charge is -2.09. The van der Waals surface area contributed by atoms with Crippen molar-refractivity contribution in [2.24, 2.45) is 0 Å². The van der Waals surface area contributed by atoms with Crippen LogP contribution in [0, 0.1) is 12.7 Å². The molecule has 0 fully saturated rings. The van der Waals surface area contributed by atoms with E-state index in [-0.39, 0.29) is 11.7 Å². The Morgan fingerprint density at radius 1 is 1.13 bits per heavy atom. The van der Waals surface area contributed by atoms with Gasteiger partial charge in [-0.25, -0.2) is 4.39 Å².